The Balaban J connectivity index is 2.13. The van der Waals surface area contributed by atoms with Gasteiger partial charge in [-0.05, 0) is 23.8 Å². The minimum absolute atomic E-state index is 0.00647. The van der Waals surface area contributed by atoms with Crippen LogP contribution in [0.1, 0.15) is 66.5 Å². The van der Waals surface area contributed by atoms with Crippen molar-refractivity contribution in [3.05, 3.63) is 34.3 Å². The van der Waals surface area contributed by atoms with Crippen LogP contribution in [-0.4, -0.2) is 36.2 Å². The van der Waals surface area contributed by atoms with Gasteiger partial charge in [0.05, 0.1) is 25.2 Å². The van der Waals surface area contributed by atoms with Gasteiger partial charge in [0.2, 0.25) is 11.5 Å². The van der Waals surface area contributed by atoms with E-state index < -0.39 is 17.2 Å². The maximum atomic E-state index is 13.4. The van der Waals surface area contributed by atoms with E-state index in [2.05, 4.69) is 18.6 Å². The third-order valence-electron chi connectivity index (χ3n) is 6.44. The third-order valence-corrected chi connectivity index (χ3v) is 6.44. The number of carbonyl (C=O) groups excluding carboxylic acids is 2. The van der Waals surface area contributed by atoms with E-state index in [1.165, 1.54) is 20.3 Å². The number of allylic oxidation sites excluding steroid dienone is 2. The Bertz CT molecular complexity index is 1100. The number of carbonyl (C=O) groups is 2. The normalized spacial score (nSPS) is 23.0. The Hall–Kier alpha value is -2.96. The van der Waals surface area contributed by atoms with Crippen molar-refractivity contribution < 1.29 is 33.7 Å². The second-order valence-corrected chi connectivity index (χ2v) is 8.60. The lowest BCUT2D eigenvalue weighted by atomic mass is 9.54. The summed E-state index contributed by atoms with van der Waals surface area (Å²) in [6.45, 7) is 6.05. The van der Waals surface area contributed by atoms with Gasteiger partial charge in [-0.1, -0.05) is 27.2 Å². The van der Waals surface area contributed by atoms with Gasteiger partial charge in [0.1, 0.15) is 5.75 Å². The lowest BCUT2D eigenvalue weighted by Crippen LogP contribution is -2.43. The minimum Gasteiger partial charge on any atom is -0.506 e. The second-order valence-electron chi connectivity index (χ2n) is 8.60. The number of hydrogen-bond donors (Lipinski definition) is 2. The van der Waals surface area contributed by atoms with Crippen molar-refractivity contribution in [1.29, 1.82) is 0 Å². The summed E-state index contributed by atoms with van der Waals surface area (Å²) >= 11 is 0. The number of esters is 1. The molecule has 2 aromatic rings. The summed E-state index contributed by atoms with van der Waals surface area (Å²) in [7, 11) is 2.65. The average Bonchev–Trinajstić information content (AvgIpc) is 3.11. The van der Waals surface area contributed by atoms with Gasteiger partial charge in [-0.15, -0.1) is 0 Å². The molecule has 4 rings (SSSR count). The topological polar surface area (TPSA) is 106 Å². The molecular formula is C22H24O7. The number of hydrogen-bond acceptors (Lipinski definition) is 7. The van der Waals surface area contributed by atoms with E-state index in [-0.39, 0.29) is 45.0 Å². The molecule has 7 heteroatoms. The summed E-state index contributed by atoms with van der Waals surface area (Å²) in [5.41, 5.74) is 0.0204. The standard InChI is InChI=1S/C22H24O7/c1-21(2)7-6-8-22(3)13-12(15(24)18(27-4)19(21)22)14(23)10-9-11(20(26)28-5)29-17(10)16(13)25/h9,23,25H,6-8H2,1-5H3/t22-/m1/s1. The first kappa shape index (κ1) is 19.4. The number of fused-ring (bicyclic) bond motifs is 4. The SMILES string of the molecule is COC(=O)c1cc2c(O)c3c(c(O)c2o1)[C@@]1(C)CCCC(C)(C)C1=C(OC)C3=O. The fourth-order valence-electron chi connectivity index (χ4n) is 5.30. The first-order valence-electron chi connectivity index (χ1n) is 9.52. The lowest BCUT2D eigenvalue weighted by molar-refractivity contribution is 0.0567. The fourth-order valence-corrected chi connectivity index (χ4v) is 5.30. The number of ether oxygens (including phenoxy) is 2. The predicted octanol–water partition coefficient (Wildman–Crippen LogP) is 4.20. The Morgan fingerprint density at radius 1 is 1.14 bits per heavy atom. The molecule has 1 aromatic carbocycles. The maximum absolute atomic E-state index is 13.4. The number of rotatable bonds is 2. The molecule has 0 aliphatic heterocycles. The monoisotopic (exact) mass is 400 g/mol. The Kier molecular flexibility index (Phi) is 4.02. The molecule has 2 N–H and O–H groups in total. The van der Waals surface area contributed by atoms with Gasteiger partial charge < -0.3 is 24.1 Å². The van der Waals surface area contributed by atoms with Gasteiger partial charge >= 0.3 is 5.97 Å². The Morgan fingerprint density at radius 2 is 1.83 bits per heavy atom. The largest absolute Gasteiger partial charge is 0.506 e. The molecule has 1 atom stereocenters. The van der Waals surface area contributed by atoms with Crippen LogP contribution in [0.2, 0.25) is 0 Å². The summed E-state index contributed by atoms with van der Waals surface area (Å²) in [6, 6.07) is 1.27. The molecular weight excluding hydrogens is 376 g/mol. The first-order valence-corrected chi connectivity index (χ1v) is 9.52. The fraction of sp³-hybridized carbons (Fsp3) is 0.455. The summed E-state index contributed by atoms with van der Waals surface area (Å²) in [6.07, 6.45) is 2.42. The Labute approximate surface area is 167 Å². The van der Waals surface area contributed by atoms with Gasteiger partial charge in [-0.25, -0.2) is 4.79 Å². The minimum atomic E-state index is -0.745. The van der Waals surface area contributed by atoms with Gasteiger partial charge in [0, 0.05) is 17.0 Å². The van der Waals surface area contributed by atoms with Crippen LogP contribution < -0.4 is 0 Å². The highest BCUT2D eigenvalue weighted by Crippen LogP contribution is 2.60. The van der Waals surface area contributed by atoms with Crippen molar-refractivity contribution in [1.82, 2.24) is 0 Å². The number of phenolic OH excluding ortho intramolecular Hbond substituents is 2. The molecule has 1 fully saturated rings. The molecule has 0 unspecified atom stereocenters. The number of furan rings is 1. The zero-order valence-corrected chi connectivity index (χ0v) is 17.1. The molecule has 0 spiro atoms. The molecule has 0 amide bonds. The zero-order chi connectivity index (χ0) is 21.3. The van der Waals surface area contributed by atoms with Crippen molar-refractivity contribution in [2.45, 2.75) is 45.4 Å². The van der Waals surface area contributed by atoms with Crippen molar-refractivity contribution in [3.63, 3.8) is 0 Å². The van der Waals surface area contributed by atoms with Crippen LogP contribution in [0.4, 0.5) is 0 Å². The number of aromatic hydroxyl groups is 2. The highest BCUT2D eigenvalue weighted by atomic mass is 16.5. The molecule has 2 aliphatic carbocycles. The number of benzene rings is 1. The number of phenols is 2. The van der Waals surface area contributed by atoms with Crippen molar-refractivity contribution >= 4 is 22.7 Å². The third kappa shape index (κ3) is 2.36. The van der Waals surface area contributed by atoms with E-state index in [1.807, 2.05) is 6.92 Å². The highest BCUT2D eigenvalue weighted by Gasteiger charge is 2.53. The number of ketones is 1. The highest BCUT2D eigenvalue weighted by molar-refractivity contribution is 6.17. The molecule has 1 aromatic heterocycles. The summed E-state index contributed by atoms with van der Waals surface area (Å²) in [5, 5.41) is 22.2. The van der Waals surface area contributed by atoms with Crippen LogP contribution in [0, 0.1) is 5.41 Å². The molecule has 0 saturated heterocycles. The lowest BCUT2D eigenvalue weighted by Gasteiger charge is -2.49. The van der Waals surface area contributed by atoms with Crippen molar-refractivity contribution in [2.75, 3.05) is 14.2 Å². The average molecular weight is 400 g/mol. The van der Waals surface area contributed by atoms with E-state index in [9.17, 15) is 19.8 Å². The van der Waals surface area contributed by atoms with Gasteiger partial charge in [0.15, 0.2) is 17.1 Å². The summed E-state index contributed by atoms with van der Waals surface area (Å²) in [4.78, 5) is 25.3. The number of Topliss-reactive ketones (excluding diaryl/α,β-unsaturated/α-hetero) is 1. The quantitative estimate of drug-likeness (QED) is 0.575. The maximum Gasteiger partial charge on any atom is 0.373 e. The van der Waals surface area contributed by atoms with E-state index in [0.717, 1.165) is 18.4 Å². The van der Waals surface area contributed by atoms with Crippen molar-refractivity contribution in [3.8, 4) is 11.5 Å². The molecule has 154 valence electrons. The smallest absolute Gasteiger partial charge is 0.373 e. The summed E-state index contributed by atoms with van der Waals surface area (Å²) < 4.78 is 15.7. The van der Waals surface area contributed by atoms with E-state index in [4.69, 9.17) is 9.15 Å². The van der Waals surface area contributed by atoms with Gasteiger partial charge in [0.25, 0.3) is 0 Å². The van der Waals surface area contributed by atoms with Gasteiger partial charge in [-0.2, -0.15) is 0 Å². The molecule has 2 aliphatic rings. The van der Waals surface area contributed by atoms with E-state index in [1.54, 1.807) is 0 Å². The molecule has 1 heterocycles. The van der Waals surface area contributed by atoms with Crippen LogP contribution in [0.5, 0.6) is 11.5 Å². The van der Waals surface area contributed by atoms with Crippen LogP contribution in [0.3, 0.4) is 0 Å². The van der Waals surface area contributed by atoms with Crippen LogP contribution in [0.25, 0.3) is 11.0 Å². The van der Waals surface area contributed by atoms with Crippen LogP contribution >= 0.6 is 0 Å². The predicted molar refractivity (Wildman–Crippen MR) is 104 cm³/mol. The second kappa shape index (κ2) is 6.02. The number of methoxy groups -OCH3 is 2. The van der Waals surface area contributed by atoms with E-state index >= 15 is 0 Å². The van der Waals surface area contributed by atoms with Crippen LogP contribution in [-0.2, 0) is 14.9 Å². The van der Waals surface area contributed by atoms with Crippen LogP contribution in [0.15, 0.2) is 21.8 Å². The van der Waals surface area contributed by atoms with E-state index in [0.29, 0.717) is 12.0 Å². The molecule has 7 nitrogen and oxygen atoms in total. The first-order chi connectivity index (χ1) is 13.6. The van der Waals surface area contributed by atoms with Gasteiger partial charge in [-0.3, -0.25) is 4.79 Å². The molecule has 1 saturated carbocycles. The van der Waals surface area contributed by atoms with Crippen molar-refractivity contribution in [2.24, 2.45) is 5.41 Å². The molecule has 0 bridgehead atoms. The summed E-state index contributed by atoms with van der Waals surface area (Å²) in [5.74, 6) is -1.78. The molecule has 29 heavy (non-hydrogen) atoms. The Morgan fingerprint density at radius 3 is 2.45 bits per heavy atom. The molecule has 0 radical (unpaired) electrons. The zero-order valence-electron chi connectivity index (χ0n) is 17.1.